The van der Waals surface area contributed by atoms with Crippen molar-refractivity contribution in [3.8, 4) is 0 Å². The number of carbonyl (C=O) groups excluding carboxylic acids is 2. The van der Waals surface area contributed by atoms with E-state index >= 15 is 0 Å². The standard InChI is InChI=1S/C17H24N4O4/c1-3-6-19-7-4-17(15(19)24)5-8-20(11-17)13(22)10-21-9-12(2)14(23)18-16(21)25/h9H,3-8,10-11H2,1-2H3,(H,18,23,25). The molecule has 25 heavy (non-hydrogen) atoms. The second kappa shape index (κ2) is 6.50. The van der Waals surface area contributed by atoms with Crippen molar-refractivity contribution in [3.63, 3.8) is 0 Å². The summed E-state index contributed by atoms with van der Waals surface area (Å²) in [5.74, 6) is -0.0473. The number of carbonyl (C=O) groups is 2. The van der Waals surface area contributed by atoms with E-state index < -0.39 is 16.7 Å². The average Bonchev–Trinajstić information content (AvgIpc) is 3.13. The molecule has 8 heteroatoms. The first-order chi connectivity index (χ1) is 11.9. The molecule has 1 aromatic rings. The van der Waals surface area contributed by atoms with Gasteiger partial charge in [0.25, 0.3) is 5.56 Å². The molecule has 0 aromatic carbocycles. The highest BCUT2D eigenvalue weighted by atomic mass is 16.2. The van der Waals surface area contributed by atoms with Crippen LogP contribution in [-0.2, 0) is 16.1 Å². The van der Waals surface area contributed by atoms with Crippen molar-refractivity contribution in [2.75, 3.05) is 26.2 Å². The Morgan fingerprint density at radius 1 is 1.24 bits per heavy atom. The third kappa shape index (κ3) is 3.12. The Hall–Kier alpha value is -2.38. The number of H-pyrrole nitrogens is 1. The lowest BCUT2D eigenvalue weighted by molar-refractivity contribution is -0.136. The first kappa shape index (κ1) is 17.4. The molecule has 1 aromatic heterocycles. The topological polar surface area (TPSA) is 95.5 Å². The van der Waals surface area contributed by atoms with Gasteiger partial charge in [0, 0.05) is 37.9 Å². The SMILES string of the molecule is CCCN1CCC2(CCN(C(=O)Cn3cc(C)c(=O)[nH]c3=O)C2)C1=O. The normalized spacial score (nSPS) is 23.0. The molecule has 8 nitrogen and oxygen atoms in total. The number of amides is 2. The van der Waals surface area contributed by atoms with Crippen LogP contribution in [0.2, 0.25) is 0 Å². The molecule has 0 saturated carbocycles. The molecule has 1 atom stereocenters. The van der Waals surface area contributed by atoms with Gasteiger partial charge in [0.1, 0.15) is 6.54 Å². The Kier molecular flexibility index (Phi) is 4.53. The van der Waals surface area contributed by atoms with Gasteiger partial charge in [0.15, 0.2) is 0 Å². The molecule has 3 rings (SSSR count). The summed E-state index contributed by atoms with van der Waals surface area (Å²) in [4.78, 5) is 54.3. The Bertz CT molecular complexity index is 812. The quantitative estimate of drug-likeness (QED) is 0.808. The van der Waals surface area contributed by atoms with Gasteiger partial charge >= 0.3 is 5.69 Å². The number of aryl methyl sites for hydroxylation is 1. The van der Waals surface area contributed by atoms with Gasteiger partial charge in [-0.25, -0.2) is 4.79 Å². The van der Waals surface area contributed by atoms with Crippen LogP contribution in [0.5, 0.6) is 0 Å². The summed E-state index contributed by atoms with van der Waals surface area (Å²) in [5, 5.41) is 0. The van der Waals surface area contributed by atoms with Crippen molar-refractivity contribution in [1.29, 1.82) is 0 Å². The third-order valence-corrected chi connectivity index (χ3v) is 5.30. The number of hydrogen-bond donors (Lipinski definition) is 1. The Morgan fingerprint density at radius 2 is 1.96 bits per heavy atom. The predicted octanol–water partition coefficient (Wildman–Crippen LogP) is -0.294. The Balaban J connectivity index is 1.70. The van der Waals surface area contributed by atoms with Crippen LogP contribution in [-0.4, -0.2) is 57.3 Å². The molecule has 0 bridgehead atoms. The summed E-state index contributed by atoms with van der Waals surface area (Å²) in [6.45, 7) is 5.98. The summed E-state index contributed by atoms with van der Waals surface area (Å²) >= 11 is 0. The fourth-order valence-electron chi connectivity index (χ4n) is 3.82. The largest absolute Gasteiger partial charge is 0.342 e. The van der Waals surface area contributed by atoms with E-state index in [1.165, 1.54) is 10.8 Å². The lowest BCUT2D eigenvalue weighted by atomic mass is 9.85. The zero-order valence-electron chi connectivity index (χ0n) is 14.7. The molecule has 0 radical (unpaired) electrons. The second-order valence-corrected chi connectivity index (χ2v) is 7.09. The summed E-state index contributed by atoms with van der Waals surface area (Å²) in [7, 11) is 0. The molecule has 136 valence electrons. The van der Waals surface area contributed by atoms with Gasteiger partial charge in [-0.1, -0.05) is 6.92 Å². The van der Waals surface area contributed by atoms with Crippen molar-refractivity contribution < 1.29 is 9.59 Å². The molecule has 1 unspecified atom stereocenters. The maximum absolute atomic E-state index is 12.7. The zero-order chi connectivity index (χ0) is 18.2. The minimum atomic E-state index is -0.594. The van der Waals surface area contributed by atoms with Crippen LogP contribution >= 0.6 is 0 Å². The van der Waals surface area contributed by atoms with Crippen LogP contribution in [0.15, 0.2) is 15.8 Å². The Labute approximate surface area is 145 Å². The van der Waals surface area contributed by atoms with E-state index in [1.54, 1.807) is 11.8 Å². The molecule has 2 amide bonds. The van der Waals surface area contributed by atoms with E-state index in [2.05, 4.69) is 4.98 Å². The van der Waals surface area contributed by atoms with E-state index in [-0.39, 0.29) is 18.4 Å². The van der Waals surface area contributed by atoms with Gasteiger partial charge in [-0.2, -0.15) is 0 Å². The van der Waals surface area contributed by atoms with E-state index in [0.717, 1.165) is 25.9 Å². The molecule has 2 aliphatic rings. The smallest absolute Gasteiger partial charge is 0.328 e. The minimum absolute atomic E-state index is 0.126. The fourth-order valence-corrected chi connectivity index (χ4v) is 3.82. The molecule has 0 aliphatic carbocycles. The van der Waals surface area contributed by atoms with Crippen LogP contribution in [0.1, 0.15) is 31.7 Å². The first-order valence-corrected chi connectivity index (χ1v) is 8.74. The second-order valence-electron chi connectivity index (χ2n) is 7.09. The zero-order valence-corrected chi connectivity index (χ0v) is 14.7. The molecule has 1 spiro atoms. The Morgan fingerprint density at radius 3 is 2.68 bits per heavy atom. The van der Waals surface area contributed by atoms with Gasteiger partial charge in [-0.05, 0) is 26.2 Å². The van der Waals surface area contributed by atoms with Crippen LogP contribution in [0.25, 0.3) is 0 Å². The number of nitrogens with one attached hydrogen (secondary N) is 1. The van der Waals surface area contributed by atoms with Gasteiger partial charge in [0.05, 0.1) is 5.41 Å². The highest BCUT2D eigenvalue weighted by Gasteiger charge is 2.51. The minimum Gasteiger partial charge on any atom is -0.342 e. The monoisotopic (exact) mass is 348 g/mol. The van der Waals surface area contributed by atoms with E-state index in [1.807, 2.05) is 11.8 Å². The van der Waals surface area contributed by atoms with E-state index in [4.69, 9.17) is 0 Å². The average molecular weight is 348 g/mol. The van der Waals surface area contributed by atoms with Gasteiger partial charge < -0.3 is 9.80 Å². The number of aromatic nitrogens is 2. The van der Waals surface area contributed by atoms with E-state index in [0.29, 0.717) is 25.1 Å². The lowest BCUT2D eigenvalue weighted by Crippen LogP contribution is -2.41. The highest BCUT2D eigenvalue weighted by molar-refractivity contribution is 5.87. The van der Waals surface area contributed by atoms with Crippen molar-refractivity contribution >= 4 is 11.8 Å². The van der Waals surface area contributed by atoms with Crippen LogP contribution in [0.4, 0.5) is 0 Å². The molecule has 1 N–H and O–H groups in total. The molecule has 2 aliphatic heterocycles. The van der Waals surface area contributed by atoms with Gasteiger partial charge in [0.2, 0.25) is 11.8 Å². The number of aromatic amines is 1. The summed E-state index contributed by atoms with van der Waals surface area (Å²) in [6.07, 6.45) is 3.79. The highest BCUT2D eigenvalue weighted by Crippen LogP contribution is 2.40. The van der Waals surface area contributed by atoms with Crippen molar-refractivity contribution in [3.05, 3.63) is 32.6 Å². The first-order valence-electron chi connectivity index (χ1n) is 8.74. The number of hydrogen-bond acceptors (Lipinski definition) is 4. The number of likely N-dealkylation sites (tertiary alicyclic amines) is 2. The van der Waals surface area contributed by atoms with Crippen molar-refractivity contribution in [1.82, 2.24) is 19.4 Å². The third-order valence-electron chi connectivity index (χ3n) is 5.30. The molecule has 2 saturated heterocycles. The summed E-state index contributed by atoms with van der Waals surface area (Å²) in [6, 6.07) is 0. The molecular weight excluding hydrogens is 324 g/mol. The van der Waals surface area contributed by atoms with Gasteiger partial charge in [-0.15, -0.1) is 0 Å². The van der Waals surface area contributed by atoms with Crippen molar-refractivity contribution in [2.45, 2.75) is 39.7 Å². The number of nitrogens with zero attached hydrogens (tertiary/aromatic N) is 3. The number of rotatable bonds is 4. The molecular formula is C17H24N4O4. The van der Waals surface area contributed by atoms with Crippen LogP contribution < -0.4 is 11.2 Å². The van der Waals surface area contributed by atoms with Gasteiger partial charge in [-0.3, -0.25) is 23.9 Å². The maximum Gasteiger partial charge on any atom is 0.328 e. The maximum atomic E-state index is 12.7. The summed E-state index contributed by atoms with van der Waals surface area (Å²) < 4.78 is 1.21. The fraction of sp³-hybridized carbons (Fsp3) is 0.647. The predicted molar refractivity (Wildman–Crippen MR) is 91.2 cm³/mol. The lowest BCUT2D eigenvalue weighted by Gasteiger charge is -2.23. The van der Waals surface area contributed by atoms with Crippen LogP contribution in [0.3, 0.4) is 0 Å². The van der Waals surface area contributed by atoms with Crippen molar-refractivity contribution in [2.24, 2.45) is 5.41 Å². The van der Waals surface area contributed by atoms with E-state index in [9.17, 15) is 19.2 Å². The summed E-state index contributed by atoms with van der Waals surface area (Å²) in [5.41, 5.74) is -1.10. The molecule has 3 heterocycles. The molecule has 2 fully saturated rings. The van der Waals surface area contributed by atoms with Crippen LogP contribution in [0, 0.1) is 12.3 Å².